The van der Waals surface area contributed by atoms with Gasteiger partial charge in [-0.2, -0.15) is 12.7 Å². The number of hydrogen-bond donors (Lipinski definition) is 2. The number of nitrogens with zero attached hydrogens (tertiary/aromatic N) is 2. The molecule has 0 unspecified atom stereocenters. The van der Waals surface area contributed by atoms with Crippen LogP contribution in [0, 0.1) is 0 Å². The van der Waals surface area contributed by atoms with Crippen molar-refractivity contribution in [1.82, 2.24) is 19.0 Å². The topological polar surface area (TPSA) is 78.1 Å². The first-order valence-electron chi connectivity index (χ1n) is 5.60. The molecule has 0 aliphatic carbocycles. The molecule has 98 valence electrons. The van der Waals surface area contributed by atoms with Gasteiger partial charge in [-0.3, -0.25) is 0 Å². The number of aromatic amines is 1. The molecule has 7 heteroatoms. The number of aromatic nitrogens is 2. The van der Waals surface area contributed by atoms with Crippen molar-refractivity contribution in [1.29, 1.82) is 0 Å². The van der Waals surface area contributed by atoms with Crippen LogP contribution in [-0.4, -0.2) is 43.3 Å². The molecule has 1 heterocycles. The van der Waals surface area contributed by atoms with Gasteiger partial charge in [-0.25, -0.2) is 9.71 Å². The molecule has 1 aromatic heterocycles. The van der Waals surface area contributed by atoms with Crippen LogP contribution in [0.2, 0.25) is 0 Å². The van der Waals surface area contributed by atoms with E-state index in [9.17, 15) is 8.42 Å². The van der Waals surface area contributed by atoms with E-state index in [1.807, 2.05) is 24.3 Å². The van der Waals surface area contributed by atoms with Crippen molar-refractivity contribution < 1.29 is 8.42 Å². The number of hydrogen-bond acceptors (Lipinski definition) is 3. The summed E-state index contributed by atoms with van der Waals surface area (Å²) >= 11 is 0. The molecule has 0 saturated carbocycles. The van der Waals surface area contributed by atoms with Crippen LogP contribution in [0.4, 0.5) is 0 Å². The molecular formula is C11H16N4O2S. The van der Waals surface area contributed by atoms with Gasteiger partial charge in [0.25, 0.3) is 10.2 Å². The monoisotopic (exact) mass is 268 g/mol. The summed E-state index contributed by atoms with van der Waals surface area (Å²) in [6.07, 6.45) is 0.530. The first-order chi connectivity index (χ1) is 8.49. The van der Waals surface area contributed by atoms with Crippen molar-refractivity contribution in [2.45, 2.75) is 6.42 Å². The van der Waals surface area contributed by atoms with Crippen LogP contribution in [0.5, 0.6) is 0 Å². The Morgan fingerprint density at radius 3 is 2.72 bits per heavy atom. The molecule has 18 heavy (non-hydrogen) atoms. The molecule has 2 aromatic rings. The van der Waals surface area contributed by atoms with E-state index in [0.717, 1.165) is 21.2 Å². The zero-order valence-corrected chi connectivity index (χ0v) is 11.2. The molecule has 0 radical (unpaired) electrons. The van der Waals surface area contributed by atoms with E-state index in [0.29, 0.717) is 13.0 Å². The van der Waals surface area contributed by atoms with Gasteiger partial charge in [0.05, 0.1) is 11.0 Å². The van der Waals surface area contributed by atoms with Crippen molar-refractivity contribution in [3.63, 3.8) is 0 Å². The lowest BCUT2D eigenvalue weighted by atomic mass is 10.3. The number of nitrogens with one attached hydrogen (secondary N) is 2. The zero-order valence-electron chi connectivity index (χ0n) is 10.3. The number of benzene rings is 1. The standard InChI is InChI=1S/C11H16N4O2S/c1-15(2)18(16,17)12-8-7-11-13-9-5-3-4-6-10(9)14-11/h3-6,12H,7-8H2,1-2H3,(H,13,14). The van der Waals surface area contributed by atoms with Crippen LogP contribution >= 0.6 is 0 Å². The lowest BCUT2D eigenvalue weighted by Gasteiger charge is -2.11. The van der Waals surface area contributed by atoms with Crippen molar-refractivity contribution in [3.8, 4) is 0 Å². The average molecular weight is 268 g/mol. The van der Waals surface area contributed by atoms with Gasteiger partial charge in [-0.1, -0.05) is 12.1 Å². The molecule has 0 aliphatic rings. The number of H-pyrrole nitrogens is 1. The van der Waals surface area contributed by atoms with Gasteiger partial charge in [0.15, 0.2) is 0 Å². The SMILES string of the molecule is CN(C)S(=O)(=O)NCCc1nc2ccccc2[nH]1. The summed E-state index contributed by atoms with van der Waals surface area (Å²) in [6, 6.07) is 7.70. The van der Waals surface area contributed by atoms with Crippen molar-refractivity contribution in [3.05, 3.63) is 30.1 Å². The van der Waals surface area contributed by atoms with Crippen molar-refractivity contribution in [2.75, 3.05) is 20.6 Å². The largest absolute Gasteiger partial charge is 0.342 e. The van der Waals surface area contributed by atoms with Gasteiger partial charge in [0.2, 0.25) is 0 Å². The molecular weight excluding hydrogens is 252 g/mol. The van der Waals surface area contributed by atoms with E-state index in [1.54, 1.807) is 0 Å². The predicted molar refractivity (Wildman–Crippen MR) is 70.4 cm³/mol. The molecule has 0 bridgehead atoms. The second-order valence-corrected chi connectivity index (χ2v) is 6.10. The summed E-state index contributed by atoms with van der Waals surface area (Å²) in [5, 5.41) is 0. The first kappa shape index (κ1) is 13.0. The van der Waals surface area contributed by atoms with Crippen molar-refractivity contribution in [2.24, 2.45) is 0 Å². The highest BCUT2D eigenvalue weighted by molar-refractivity contribution is 7.87. The van der Waals surface area contributed by atoms with E-state index in [4.69, 9.17) is 0 Å². The van der Waals surface area contributed by atoms with Crippen LogP contribution in [0.1, 0.15) is 5.82 Å². The van der Waals surface area contributed by atoms with Gasteiger partial charge < -0.3 is 4.98 Å². The van der Waals surface area contributed by atoms with Gasteiger partial charge in [-0.05, 0) is 12.1 Å². The first-order valence-corrected chi connectivity index (χ1v) is 7.04. The molecule has 2 N–H and O–H groups in total. The van der Waals surface area contributed by atoms with Crippen LogP contribution in [-0.2, 0) is 16.6 Å². The fraction of sp³-hybridized carbons (Fsp3) is 0.364. The highest BCUT2D eigenvalue weighted by atomic mass is 32.2. The summed E-state index contributed by atoms with van der Waals surface area (Å²) in [5.74, 6) is 0.776. The normalized spacial score (nSPS) is 12.4. The fourth-order valence-corrected chi connectivity index (χ4v) is 2.17. The summed E-state index contributed by atoms with van der Waals surface area (Å²) in [4.78, 5) is 7.52. The quantitative estimate of drug-likeness (QED) is 0.829. The lowest BCUT2D eigenvalue weighted by molar-refractivity contribution is 0.505. The Morgan fingerprint density at radius 2 is 2.06 bits per heavy atom. The Labute approximate surface area is 106 Å². The molecule has 0 fully saturated rings. The number of rotatable bonds is 5. The molecule has 0 atom stereocenters. The van der Waals surface area contributed by atoms with Gasteiger partial charge in [0, 0.05) is 27.1 Å². The van der Waals surface area contributed by atoms with Crippen LogP contribution in [0.15, 0.2) is 24.3 Å². The smallest absolute Gasteiger partial charge is 0.278 e. The molecule has 0 amide bonds. The highest BCUT2D eigenvalue weighted by Crippen LogP contribution is 2.10. The molecule has 0 spiro atoms. The third kappa shape index (κ3) is 2.87. The maximum Gasteiger partial charge on any atom is 0.278 e. The molecule has 0 saturated heterocycles. The van der Waals surface area contributed by atoms with E-state index >= 15 is 0 Å². The van der Waals surface area contributed by atoms with Crippen molar-refractivity contribution >= 4 is 21.2 Å². The minimum absolute atomic E-state index is 0.320. The Hall–Kier alpha value is -1.44. The summed E-state index contributed by atoms with van der Waals surface area (Å²) in [6.45, 7) is 0.320. The minimum Gasteiger partial charge on any atom is -0.342 e. The number of imidazole rings is 1. The summed E-state index contributed by atoms with van der Waals surface area (Å²) < 4.78 is 26.6. The number of para-hydroxylation sites is 2. The van der Waals surface area contributed by atoms with E-state index in [1.165, 1.54) is 14.1 Å². The Kier molecular flexibility index (Phi) is 3.65. The van der Waals surface area contributed by atoms with Crippen LogP contribution in [0.25, 0.3) is 11.0 Å². The lowest BCUT2D eigenvalue weighted by Crippen LogP contribution is -2.36. The molecule has 0 aliphatic heterocycles. The highest BCUT2D eigenvalue weighted by Gasteiger charge is 2.12. The second-order valence-electron chi connectivity index (χ2n) is 4.13. The zero-order chi connectivity index (χ0) is 13.2. The van der Waals surface area contributed by atoms with E-state index in [-0.39, 0.29) is 0 Å². The maximum atomic E-state index is 11.5. The molecule has 6 nitrogen and oxygen atoms in total. The number of fused-ring (bicyclic) bond motifs is 1. The third-order valence-corrected chi connectivity index (χ3v) is 4.10. The van der Waals surface area contributed by atoms with Crippen LogP contribution < -0.4 is 4.72 Å². The Morgan fingerprint density at radius 1 is 1.33 bits per heavy atom. The van der Waals surface area contributed by atoms with Gasteiger partial charge in [-0.15, -0.1) is 0 Å². The Bertz CT molecular complexity index is 600. The summed E-state index contributed by atoms with van der Waals surface area (Å²) in [7, 11) is -0.378. The van der Waals surface area contributed by atoms with Gasteiger partial charge >= 0.3 is 0 Å². The summed E-state index contributed by atoms with van der Waals surface area (Å²) in [5.41, 5.74) is 1.85. The minimum atomic E-state index is -3.36. The van der Waals surface area contributed by atoms with Gasteiger partial charge in [0.1, 0.15) is 5.82 Å². The Balaban J connectivity index is 1.99. The molecule has 1 aromatic carbocycles. The van der Waals surface area contributed by atoms with E-state index < -0.39 is 10.2 Å². The predicted octanol–water partition coefficient (Wildman–Crippen LogP) is 0.501. The second kappa shape index (κ2) is 5.05. The third-order valence-electron chi connectivity index (χ3n) is 2.57. The average Bonchev–Trinajstić information content (AvgIpc) is 2.70. The fourth-order valence-electron chi connectivity index (χ4n) is 1.55. The molecule has 2 rings (SSSR count). The van der Waals surface area contributed by atoms with E-state index in [2.05, 4.69) is 14.7 Å². The van der Waals surface area contributed by atoms with Crippen LogP contribution in [0.3, 0.4) is 0 Å². The maximum absolute atomic E-state index is 11.5.